The number of carbonyl (C=O) groups is 3. The zero-order chi connectivity index (χ0) is 22.1. The summed E-state index contributed by atoms with van der Waals surface area (Å²) in [5.41, 5.74) is 1.27. The second-order valence-corrected chi connectivity index (χ2v) is 9.76. The van der Waals surface area contributed by atoms with E-state index in [1.54, 1.807) is 30.3 Å². The number of fused-ring (bicyclic) bond motifs is 1. The first-order chi connectivity index (χ1) is 14.0. The van der Waals surface area contributed by atoms with Crippen molar-refractivity contribution < 1.29 is 23.9 Å². The molecular formula is C25H30O5. The molecule has 5 nitrogen and oxygen atoms in total. The molecule has 0 heterocycles. The van der Waals surface area contributed by atoms with Gasteiger partial charge in [0.2, 0.25) is 0 Å². The minimum absolute atomic E-state index is 0.0940. The quantitative estimate of drug-likeness (QED) is 0.407. The summed E-state index contributed by atoms with van der Waals surface area (Å²) in [5, 5.41) is 0. The Balaban J connectivity index is 1.66. The molecular weight excluding hydrogens is 380 g/mol. The number of Topliss-reactive ketones (excluding diaryl/α,β-unsaturated/α-hetero) is 1. The van der Waals surface area contributed by atoms with Crippen LogP contribution in [0.1, 0.15) is 59.4 Å². The molecule has 0 saturated heterocycles. The molecule has 0 spiro atoms. The number of carbonyl (C=O) groups excluding carboxylic acids is 3. The van der Waals surface area contributed by atoms with Crippen molar-refractivity contribution in [1.82, 2.24) is 0 Å². The van der Waals surface area contributed by atoms with Crippen LogP contribution in [0.2, 0.25) is 0 Å². The fraction of sp³-hybridized carbons (Fsp3) is 0.480. The van der Waals surface area contributed by atoms with E-state index in [1.165, 1.54) is 0 Å². The Morgan fingerprint density at radius 1 is 1.10 bits per heavy atom. The van der Waals surface area contributed by atoms with E-state index in [-0.39, 0.29) is 35.1 Å². The van der Waals surface area contributed by atoms with E-state index >= 15 is 0 Å². The van der Waals surface area contributed by atoms with E-state index < -0.39 is 11.6 Å². The number of ketones is 1. The number of benzene rings is 1. The monoisotopic (exact) mass is 410 g/mol. The molecule has 0 radical (unpaired) electrons. The van der Waals surface area contributed by atoms with Gasteiger partial charge in [0.1, 0.15) is 16.9 Å². The molecule has 3 rings (SSSR count). The zero-order valence-electron chi connectivity index (χ0n) is 18.4. The molecule has 5 heteroatoms. The second kappa shape index (κ2) is 8.21. The van der Waals surface area contributed by atoms with E-state index in [9.17, 15) is 14.4 Å². The number of allylic oxidation sites excluding steroid dienone is 3. The predicted molar refractivity (Wildman–Crippen MR) is 114 cm³/mol. The highest BCUT2D eigenvalue weighted by molar-refractivity contribution is 6.20. The molecule has 30 heavy (non-hydrogen) atoms. The summed E-state index contributed by atoms with van der Waals surface area (Å²) in [6, 6.07) is 6.67. The van der Waals surface area contributed by atoms with Crippen LogP contribution in [0.3, 0.4) is 0 Å². The SMILES string of the molecule is CC(C)(C)OC(=O)Cc1ccc(OC(=O)C2=CC=C3CCCC(C)(C)C3C2=O)cc1. The van der Waals surface area contributed by atoms with Crippen LogP contribution in [0.15, 0.2) is 47.6 Å². The Kier molecular flexibility index (Phi) is 6.02. The summed E-state index contributed by atoms with van der Waals surface area (Å²) in [5.74, 6) is -1.03. The lowest BCUT2D eigenvalue weighted by atomic mass is 9.62. The topological polar surface area (TPSA) is 69.7 Å². The van der Waals surface area contributed by atoms with Crippen LogP contribution in [-0.2, 0) is 25.5 Å². The standard InChI is InChI=1S/C25H30O5/c1-24(2,3)30-20(26)15-16-8-11-18(12-9-16)29-23(28)19-13-10-17-7-6-14-25(4,5)21(17)22(19)27/h8-13,21H,6-7,14-15H2,1-5H3. The van der Waals surface area contributed by atoms with Crippen LogP contribution < -0.4 is 4.74 Å². The Hall–Kier alpha value is -2.69. The highest BCUT2D eigenvalue weighted by Gasteiger charge is 2.44. The van der Waals surface area contributed by atoms with Gasteiger partial charge in [0.05, 0.1) is 6.42 Å². The predicted octanol–water partition coefficient (Wildman–Crippen LogP) is 4.74. The molecule has 1 aromatic carbocycles. The fourth-order valence-electron chi connectivity index (χ4n) is 4.22. The average molecular weight is 411 g/mol. The van der Waals surface area contributed by atoms with Gasteiger partial charge in [-0.3, -0.25) is 9.59 Å². The molecule has 0 bridgehead atoms. The summed E-state index contributed by atoms with van der Waals surface area (Å²) >= 11 is 0. The van der Waals surface area contributed by atoms with Crippen LogP contribution in [0.5, 0.6) is 5.75 Å². The van der Waals surface area contributed by atoms with Gasteiger partial charge in [-0.1, -0.05) is 37.6 Å². The number of esters is 2. The zero-order valence-corrected chi connectivity index (χ0v) is 18.4. The summed E-state index contributed by atoms with van der Waals surface area (Å²) < 4.78 is 10.8. The van der Waals surface area contributed by atoms with Gasteiger partial charge >= 0.3 is 11.9 Å². The number of rotatable bonds is 4. The summed E-state index contributed by atoms with van der Waals surface area (Å²) in [6.45, 7) is 9.63. The van der Waals surface area contributed by atoms with Crippen molar-refractivity contribution in [1.29, 1.82) is 0 Å². The maximum atomic E-state index is 13.0. The van der Waals surface area contributed by atoms with Crippen molar-refractivity contribution >= 4 is 17.7 Å². The van der Waals surface area contributed by atoms with E-state index in [0.717, 1.165) is 30.4 Å². The van der Waals surface area contributed by atoms with Crippen LogP contribution >= 0.6 is 0 Å². The minimum Gasteiger partial charge on any atom is -0.460 e. The molecule has 1 saturated carbocycles. The molecule has 160 valence electrons. The molecule has 0 amide bonds. The lowest BCUT2D eigenvalue weighted by Gasteiger charge is -2.40. The molecule has 0 aliphatic heterocycles. The molecule has 1 aromatic rings. The van der Waals surface area contributed by atoms with Crippen molar-refractivity contribution in [3.63, 3.8) is 0 Å². The van der Waals surface area contributed by atoms with E-state index in [0.29, 0.717) is 5.75 Å². The molecule has 2 aliphatic carbocycles. The maximum Gasteiger partial charge on any atom is 0.347 e. The van der Waals surface area contributed by atoms with E-state index in [2.05, 4.69) is 13.8 Å². The van der Waals surface area contributed by atoms with Crippen molar-refractivity contribution in [2.45, 2.75) is 65.9 Å². The van der Waals surface area contributed by atoms with Crippen molar-refractivity contribution in [3.05, 3.63) is 53.1 Å². The van der Waals surface area contributed by atoms with E-state index in [1.807, 2.05) is 26.8 Å². The third-order valence-electron chi connectivity index (χ3n) is 5.55. The van der Waals surface area contributed by atoms with Crippen LogP contribution in [0.4, 0.5) is 0 Å². The third-order valence-corrected chi connectivity index (χ3v) is 5.55. The molecule has 1 unspecified atom stereocenters. The lowest BCUT2D eigenvalue weighted by molar-refractivity contribution is -0.154. The minimum atomic E-state index is -0.642. The molecule has 1 fully saturated rings. The first-order valence-corrected chi connectivity index (χ1v) is 10.4. The van der Waals surface area contributed by atoms with Gasteiger partial charge in [-0.15, -0.1) is 0 Å². The maximum absolute atomic E-state index is 13.0. The number of hydrogen-bond acceptors (Lipinski definition) is 5. The van der Waals surface area contributed by atoms with Gasteiger partial charge in [-0.25, -0.2) is 4.79 Å². The molecule has 0 aromatic heterocycles. The summed E-state index contributed by atoms with van der Waals surface area (Å²) in [6.07, 6.45) is 6.56. The van der Waals surface area contributed by atoms with Crippen LogP contribution in [0, 0.1) is 11.3 Å². The van der Waals surface area contributed by atoms with Gasteiger partial charge in [0.25, 0.3) is 0 Å². The number of hydrogen-bond donors (Lipinski definition) is 0. The Labute approximate surface area is 178 Å². The largest absolute Gasteiger partial charge is 0.460 e. The molecule has 2 aliphatic rings. The van der Waals surface area contributed by atoms with Gasteiger partial charge in [0.15, 0.2) is 5.78 Å². The Morgan fingerprint density at radius 3 is 2.40 bits per heavy atom. The smallest absolute Gasteiger partial charge is 0.347 e. The normalized spacial score (nSPS) is 20.6. The first-order valence-electron chi connectivity index (χ1n) is 10.4. The highest BCUT2D eigenvalue weighted by atomic mass is 16.6. The second-order valence-electron chi connectivity index (χ2n) is 9.76. The first kappa shape index (κ1) is 22.0. The summed E-state index contributed by atoms with van der Waals surface area (Å²) in [4.78, 5) is 37.6. The summed E-state index contributed by atoms with van der Waals surface area (Å²) in [7, 11) is 0. The third kappa shape index (κ3) is 5.07. The fourth-order valence-corrected chi connectivity index (χ4v) is 4.22. The van der Waals surface area contributed by atoms with Crippen LogP contribution in [0.25, 0.3) is 0 Å². The van der Waals surface area contributed by atoms with E-state index in [4.69, 9.17) is 9.47 Å². The van der Waals surface area contributed by atoms with Crippen molar-refractivity contribution in [2.24, 2.45) is 11.3 Å². The van der Waals surface area contributed by atoms with Gasteiger partial charge in [-0.05, 0) is 69.2 Å². The van der Waals surface area contributed by atoms with Gasteiger partial charge in [0, 0.05) is 5.92 Å². The molecule has 0 N–H and O–H groups in total. The Morgan fingerprint density at radius 2 is 1.77 bits per heavy atom. The average Bonchev–Trinajstić information content (AvgIpc) is 2.61. The Bertz CT molecular complexity index is 910. The molecule has 1 atom stereocenters. The van der Waals surface area contributed by atoms with Gasteiger partial charge < -0.3 is 9.47 Å². The highest BCUT2D eigenvalue weighted by Crippen LogP contribution is 2.46. The van der Waals surface area contributed by atoms with Gasteiger partial charge in [-0.2, -0.15) is 0 Å². The van der Waals surface area contributed by atoms with Crippen molar-refractivity contribution in [3.8, 4) is 5.75 Å². The lowest BCUT2D eigenvalue weighted by Crippen LogP contribution is -2.39. The van der Waals surface area contributed by atoms with Crippen LogP contribution in [-0.4, -0.2) is 23.3 Å². The van der Waals surface area contributed by atoms with Crippen molar-refractivity contribution in [2.75, 3.05) is 0 Å². The number of ether oxygens (including phenoxy) is 2.